The quantitative estimate of drug-likeness (QED) is 0.424. The molecule has 10 heteroatoms. The van der Waals surface area contributed by atoms with Crippen molar-refractivity contribution in [3.63, 3.8) is 0 Å². The summed E-state index contributed by atoms with van der Waals surface area (Å²) in [5.74, 6) is 0.813. The molecule has 0 saturated carbocycles. The molecule has 1 amide bonds. The lowest BCUT2D eigenvalue weighted by atomic mass is 10.0. The third kappa shape index (κ3) is 7.74. The molecule has 1 aromatic heterocycles. The summed E-state index contributed by atoms with van der Waals surface area (Å²) in [4.78, 5) is 26.5. The molecule has 0 atom stereocenters. The highest BCUT2D eigenvalue weighted by molar-refractivity contribution is 7.91. The molecule has 1 N–H and O–H groups in total. The van der Waals surface area contributed by atoms with Gasteiger partial charge in [-0.3, -0.25) is 4.79 Å². The van der Waals surface area contributed by atoms with Crippen molar-refractivity contribution in [1.82, 2.24) is 9.88 Å². The number of amides is 1. The van der Waals surface area contributed by atoms with Crippen molar-refractivity contribution in [2.24, 2.45) is 5.92 Å². The maximum atomic E-state index is 12.9. The van der Waals surface area contributed by atoms with Crippen LogP contribution < -0.4 is 4.74 Å². The molecular formula is C28H36N2O7S. The van der Waals surface area contributed by atoms with Crippen LogP contribution in [-0.2, 0) is 24.1 Å². The van der Waals surface area contributed by atoms with Gasteiger partial charge < -0.3 is 24.1 Å². The van der Waals surface area contributed by atoms with E-state index in [1.165, 1.54) is 0 Å². The van der Waals surface area contributed by atoms with Gasteiger partial charge in [0.2, 0.25) is 9.84 Å². The summed E-state index contributed by atoms with van der Waals surface area (Å²) in [6.07, 6.45) is -0.313. The molecule has 1 aliphatic rings. The average Bonchev–Trinajstić information content (AvgIpc) is 3.23. The molecule has 0 bridgehead atoms. The Bertz CT molecular complexity index is 1350. The van der Waals surface area contributed by atoms with Crippen LogP contribution >= 0.6 is 0 Å². The monoisotopic (exact) mass is 544 g/mol. The smallest absolute Gasteiger partial charge is 0.410 e. The van der Waals surface area contributed by atoms with E-state index in [1.54, 1.807) is 41.3 Å². The van der Waals surface area contributed by atoms with Crippen LogP contribution in [0.25, 0.3) is 10.9 Å². The summed E-state index contributed by atoms with van der Waals surface area (Å²) in [5.41, 5.74) is -0.140. The molecule has 0 aliphatic carbocycles. The second-order valence-corrected chi connectivity index (χ2v) is 13.0. The first kappa shape index (κ1) is 29.0. The molecular weight excluding hydrogens is 508 g/mol. The minimum absolute atomic E-state index is 0.129. The number of hydrogen-bond donors (Lipinski definition) is 1. The SMILES string of the molecule is CC(C)(C)OC(=O)N1CC(COc2cccc3[nH]c(S(=O)(=O)c4ccccc4)cc23)C1.CC(C)(C)OC=O. The van der Waals surface area contributed by atoms with Gasteiger partial charge in [-0.05, 0) is 71.9 Å². The molecule has 2 aromatic carbocycles. The molecule has 1 fully saturated rings. The van der Waals surface area contributed by atoms with E-state index in [9.17, 15) is 18.0 Å². The van der Waals surface area contributed by atoms with Crippen molar-refractivity contribution in [2.45, 2.75) is 62.7 Å². The van der Waals surface area contributed by atoms with Crippen molar-refractivity contribution in [3.05, 3.63) is 54.6 Å². The summed E-state index contributed by atoms with van der Waals surface area (Å²) >= 11 is 0. The number of sulfone groups is 1. The average molecular weight is 545 g/mol. The number of fused-ring (bicyclic) bond motifs is 1. The Hall–Kier alpha value is -3.53. The zero-order valence-corrected chi connectivity index (χ0v) is 23.5. The minimum atomic E-state index is -3.64. The van der Waals surface area contributed by atoms with Gasteiger partial charge in [0.05, 0.1) is 17.0 Å². The molecule has 2 heterocycles. The van der Waals surface area contributed by atoms with Crippen LogP contribution in [-0.4, -0.2) is 61.8 Å². The lowest BCUT2D eigenvalue weighted by molar-refractivity contribution is -0.138. The fraction of sp³-hybridized carbons (Fsp3) is 0.429. The highest BCUT2D eigenvalue weighted by Crippen LogP contribution is 2.31. The van der Waals surface area contributed by atoms with Crippen LogP contribution in [0.3, 0.4) is 0 Å². The van der Waals surface area contributed by atoms with E-state index in [0.29, 0.717) is 42.8 Å². The van der Waals surface area contributed by atoms with Gasteiger partial charge >= 0.3 is 6.09 Å². The highest BCUT2D eigenvalue weighted by atomic mass is 32.2. The summed E-state index contributed by atoms with van der Waals surface area (Å²) in [6.45, 7) is 13.0. The number of ether oxygens (including phenoxy) is 3. The first-order chi connectivity index (χ1) is 17.7. The lowest BCUT2D eigenvalue weighted by Gasteiger charge is -2.39. The molecule has 206 valence electrons. The summed E-state index contributed by atoms with van der Waals surface area (Å²) in [6, 6.07) is 15.4. The fourth-order valence-corrected chi connectivity index (χ4v) is 4.89. The van der Waals surface area contributed by atoms with Crippen LogP contribution in [0.1, 0.15) is 41.5 Å². The predicted molar refractivity (Wildman–Crippen MR) is 144 cm³/mol. The van der Waals surface area contributed by atoms with Gasteiger partial charge in [-0.1, -0.05) is 24.3 Å². The number of aromatic amines is 1. The minimum Gasteiger partial charge on any atom is -0.492 e. The number of rotatable bonds is 6. The standard InChI is InChI=1S/C23H26N2O5S.C5H10O2/c1-23(2,3)30-22(26)25-13-16(14-25)15-29-20-11-7-10-19-18(20)12-21(24-19)31(27,28)17-8-5-4-6-9-17;1-5(2,3)7-4-6/h4-12,16,24H,13-15H2,1-3H3;4H,1-3H3. The van der Waals surface area contributed by atoms with Gasteiger partial charge in [0, 0.05) is 24.4 Å². The number of benzene rings is 2. The van der Waals surface area contributed by atoms with Crippen LogP contribution in [0.2, 0.25) is 0 Å². The topological polar surface area (TPSA) is 115 Å². The van der Waals surface area contributed by atoms with Gasteiger partial charge in [0.15, 0.2) is 0 Å². The van der Waals surface area contributed by atoms with Gasteiger partial charge in [-0.2, -0.15) is 0 Å². The maximum Gasteiger partial charge on any atom is 0.410 e. The number of carbonyl (C=O) groups is 2. The predicted octanol–water partition coefficient (Wildman–Crippen LogP) is 5.20. The molecule has 0 unspecified atom stereocenters. The number of hydrogen-bond acceptors (Lipinski definition) is 7. The van der Waals surface area contributed by atoms with E-state index in [4.69, 9.17) is 9.47 Å². The Labute approximate surface area is 224 Å². The second kappa shape index (κ2) is 11.5. The summed E-state index contributed by atoms with van der Waals surface area (Å²) < 4.78 is 41.7. The van der Waals surface area contributed by atoms with E-state index in [-0.39, 0.29) is 27.5 Å². The Morgan fingerprint density at radius 2 is 1.66 bits per heavy atom. The van der Waals surface area contributed by atoms with Crippen molar-refractivity contribution in [1.29, 1.82) is 0 Å². The summed E-state index contributed by atoms with van der Waals surface area (Å²) in [7, 11) is -3.64. The Kier molecular flexibility index (Phi) is 8.76. The van der Waals surface area contributed by atoms with E-state index in [0.717, 1.165) is 0 Å². The normalized spacial score (nSPS) is 14.2. The number of H-pyrrole nitrogens is 1. The van der Waals surface area contributed by atoms with Crippen LogP contribution in [0, 0.1) is 5.92 Å². The molecule has 0 spiro atoms. The van der Waals surface area contributed by atoms with Gasteiger partial charge in [0.1, 0.15) is 22.0 Å². The number of aromatic nitrogens is 1. The number of likely N-dealkylation sites (tertiary alicyclic amines) is 1. The first-order valence-corrected chi connectivity index (χ1v) is 13.8. The van der Waals surface area contributed by atoms with Gasteiger partial charge in [-0.25, -0.2) is 13.2 Å². The molecule has 38 heavy (non-hydrogen) atoms. The first-order valence-electron chi connectivity index (χ1n) is 12.3. The van der Waals surface area contributed by atoms with Gasteiger partial charge in [0.25, 0.3) is 6.47 Å². The number of nitrogens with zero attached hydrogens (tertiary/aromatic N) is 1. The molecule has 0 radical (unpaired) electrons. The molecule has 1 aliphatic heterocycles. The van der Waals surface area contributed by atoms with E-state index in [1.807, 2.05) is 59.7 Å². The third-order valence-corrected chi connectivity index (χ3v) is 7.12. The van der Waals surface area contributed by atoms with Crippen molar-refractivity contribution in [3.8, 4) is 5.75 Å². The van der Waals surface area contributed by atoms with E-state index >= 15 is 0 Å². The van der Waals surface area contributed by atoms with E-state index in [2.05, 4.69) is 9.72 Å². The molecule has 9 nitrogen and oxygen atoms in total. The van der Waals surface area contributed by atoms with E-state index < -0.39 is 15.4 Å². The number of carbonyl (C=O) groups excluding carboxylic acids is 2. The maximum absolute atomic E-state index is 12.9. The zero-order chi connectivity index (χ0) is 28.1. The zero-order valence-electron chi connectivity index (χ0n) is 22.7. The number of nitrogens with one attached hydrogen (secondary N) is 1. The van der Waals surface area contributed by atoms with Gasteiger partial charge in [-0.15, -0.1) is 0 Å². The largest absolute Gasteiger partial charge is 0.492 e. The molecule has 1 saturated heterocycles. The van der Waals surface area contributed by atoms with Crippen molar-refractivity contribution >= 4 is 33.3 Å². The van der Waals surface area contributed by atoms with Crippen molar-refractivity contribution < 1.29 is 32.2 Å². The Balaban J connectivity index is 0.000000505. The Morgan fingerprint density at radius 1 is 1.00 bits per heavy atom. The lowest BCUT2D eigenvalue weighted by Crippen LogP contribution is -2.53. The van der Waals surface area contributed by atoms with Crippen LogP contribution in [0.15, 0.2) is 64.5 Å². The van der Waals surface area contributed by atoms with Crippen molar-refractivity contribution in [2.75, 3.05) is 19.7 Å². The molecule has 4 rings (SSSR count). The second-order valence-electron chi connectivity index (χ2n) is 11.1. The molecule has 3 aromatic rings. The summed E-state index contributed by atoms with van der Waals surface area (Å²) in [5, 5.41) is 0.838. The van der Waals surface area contributed by atoms with Crippen LogP contribution in [0.5, 0.6) is 5.75 Å². The Morgan fingerprint density at radius 3 is 2.21 bits per heavy atom. The highest BCUT2D eigenvalue weighted by Gasteiger charge is 2.34. The van der Waals surface area contributed by atoms with Crippen LogP contribution in [0.4, 0.5) is 4.79 Å². The third-order valence-electron chi connectivity index (χ3n) is 5.43. The fourth-order valence-electron chi connectivity index (χ4n) is 3.60.